The normalized spacial score (nSPS) is 24.3. The number of benzene rings is 1. The number of carboxylic acids is 1. The number of anilines is 2. The third kappa shape index (κ3) is 2.35. The molecule has 116 valence electrons. The predicted octanol–water partition coefficient (Wildman–Crippen LogP) is 1.54. The van der Waals surface area contributed by atoms with Crippen molar-refractivity contribution in [2.45, 2.75) is 24.9 Å². The minimum Gasteiger partial charge on any atom is -0.479 e. The van der Waals surface area contributed by atoms with Crippen molar-refractivity contribution in [2.24, 2.45) is 0 Å². The highest BCUT2D eigenvalue weighted by molar-refractivity contribution is 5.88. The molecule has 2 heterocycles. The van der Waals surface area contributed by atoms with Gasteiger partial charge in [0.2, 0.25) is 0 Å². The molecule has 4 rings (SSSR count). The van der Waals surface area contributed by atoms with Crippen molar-refractivity contribution >= 4 is 23.4 Å². The summed E-state index contributed by atoms with van der Waals surface area (Å²) in [6.45, 7) is 4.00. The van der Waals surface area contributed by atoms with E-state index in [0.717, 1.165) is 50.3 Å². The molecule has 1 saturated heterocycles. The highest BCUT2D eigenvalue weighted by Gasteiger charge is 2.39. The molecule has 0 bridgehead atoms. The Bertz CT molecular complexity index is 618. The molecule has 0 aromatic heterocycles. The van der Waals surface area contributed by atoms with Gasteiger partial charge >= 0.3 is 5.97 Å². The summed E-state index contributed by atoms with van der Waals surface area (Å²) in [6.07, 6.45) is 5.95. The molecule has 2 fully saturated rings. The predicted molar refractivity (Wildman–Crippen MR) is 87.5 cm³/mol. The number of piperazine rings is 1. The molecule has 1 saturated carbocycles. The van der Waals surface area contributed by atoms with E-state index >= 15 is 0 Å². The number of nitrogens with one attached hydrogen (secondary N) is 1. The molecule has 0 radical (unpaired) electrons. The van der Waals surface area contributed by atoms with Gasteiger partial charge in [0.25, 0.3) is 0 Å². The molecule has 2 aliphatic heterocycles. The summed E-state index contributed by atoms with van der Waals surface area (Å²) in [4.78, 5) is 16.1. The van der Waals surface area contributed by atoms with Crippen LogP contribution < -0.4 is 15.1 Å². The van der Waals surface area contributed by atoms with Crippen LogP contribution in [0.25, 0.3) is 6.08 Å². The van der Waals surface area contributed by atoms with Crippen molar-refractivity contribution < 1.29 is 9.90 Å². The highest BCUT2D eigenvalue weighted by Crippen LogP contribution is 2.40. The van der Waals surface area contributed by atoms with Gasteiger partial charge in [-0.15, -0.1) is 0 Å². The number of carboxylic acid groups (broad SMARTS) is 1. The van der Waals surface area contributed by atoms with Crippen molar-refractivity contribution in [3.63, 3.8) is 0 Å². The van der Waals surface area contributed by atoms with Crippen LogP contribution in [0.2, 0.25) is 0 Å². The molecule has 5 nitrogen and oxygen atoms in total. The van der Waals surface area contributed by atoms with E-state index in [9.17, 15) is 9.90 Å². The highest BCUT2D eigenvalue weighted by atomic mass is 16.4. The zero-order valence-electron chi connectivity index (χ0n) is 12.5. The average Bonchev–Trinajstić information content (AvgIpc) is 3.38. The molecule has 1 aromatic carbocycles. The van der Waals surface area contributed by atoms with Gasteiger partial charge in [0.05, 0.1) is 0 Å². The molecule has 1 aliphatic carbocycles. The lowest BCUT2D eigenvalue weighted by atomic mass is 10.0. The molecular weight excluding hydrogens is 278 g/mol. The summed E-state index contributed by atoms with van der Waals surface area (Å²) in [7, 11) is 0. The van der Waals surface area contributed by atoms with Crippen LogP contribution in [0.5, 0.6) is 0 Å². The molecule has 0 spiro atoms. The number of carbonyl (C=O) groups is 1. The molecular formula is C17H21N3O2. The van der Waals surface area contributed by atoms with E-state index in [1.807, 2.05) is 12.2 Å². The molecule has 1 aromatic rings. The Labute approximate surface area is 130 Å². The van der Waals surface area contributed by atoms with Crippen LogP contribution in [-0.2, 0) is 4.79 Å². The van der Waals surface area contributed by atoms with Crippen LogP contribution in [0.3, 0.4) is 0 Å². The molecule has 0 amide bonds. The lowest BCUT2D eigenvalue weighted by Crippen LogP contribution is -2.44. The van der Waals surface area contributed by atoms with Crippen molar-refractivity contribution in [3.05, 3.63) is 29.8 Å². The first-order valence-corrected chi connectivity index (χ1v) is 8.03. The van der Waals surface area contributed by atoms with Crippen LogP contribution in [0.15, 0.2) is 24.3 Å². The van der Waals surface area contributed by atoms with E-state index in [-0.39, 0.29) is 0 Å². The van der Waals surface area contributed by atoms with Gasteiger partial charge in [0.15, 0.2) is 0 Å². The lowest BCUT2D eigenvalue weighted by molar-refractivity contribution is -0.137. The second-order valence-electron chi connectivity index (χ2n) is 6.26. The lowest BCUT2D eigenvalue weighted by Gasteiger charge is -2.36. The Morgan fingerprint density at radius 2 is 2.00 bits per heavy atom. The largest absolute Gasteiger partial charge is 0.479 e. The summed E-state index contributed by atoms with van der Waals surface area (Å²) in [6, 6.07) is 6.30. The first-order chi connectivity index (χ1) is 10.7. The van der Waals surface area contributed by atoms with Crippen molar-refractivity contribution in [2.75, 3.05) is 36.0 Å². The average molecular weight is 299 g/mol. The Morgan fingerprint density at radius 1 is 1.23 bits per heavy atom. The van der Waals surface area contributed by atoms with Crippen molar-refractivity contribution in [1.29, 1.82) is 0 Å². The van der Waals surface area contributed by atoms with Crippen LogP contribution in [-0.4, -0.2) is 49.3 Å². The molecule has 1 unspecified atom stereocenters. The number of hydrogen-bond acceptors (Lipinski definition) is 4. The topological polar surface area (TPSA) is 55.8 Å². The zero-order valence-corrected chi connectivity index (χ0v) is 12.5. The maximum Gasteiger partial charge on any atom is 0.330 e. The van der Waals surface area contributed by atoms with E-state index < -0.39 is 12.0 Å². The fourth-order valence-corrected chi connectivity index (χ4v) is 3.43. The summed E-state index contributed by atoms with van der Waals surface area (Å²) in [5.74, 6) is -0.763. The Morgan fingerprint density at radius 3 is 2.68 bits per heavy atom. The van der Waals surface area contributed by atoms with Crippen LogP contribution >= 0.6 is 0 Å². The number of rotatable bonds is 3. The Hall–Kier alpha value is -2.01. The standard InChI is InChI=1S/C17H21N3O2/c21-17(22)15-6-2-12-1-3-14(19-9-7-18-8-10-19)11-16(12)20(15)13-4-5-13/h1-3,6,11,13,15,18H,4-5,7-10H2,(H,21,22). The van der Waals surface area contributed by atoms with E-state index in [1.54, 1.807) is 0 Å². The minimum atomic E-state index is -0.763. The first-order valence-electron chi connectivity index (χ1n) is 8.03. The number of hydrogen-bond donors (Lipinski definition) is 2. The fourth-order valence-electron chi connectivity index (χ4n) is 3.43. The number of fused-ring (bicyclic) bond motifs is 1. The van der Waals surface area contributed by atoms with E-state index in [1.165, 1.54) is 5.69 Å². The molecule has 3 aliphatic rings. The van der Waals surface area contributed by atoms with E-state index in [0.29, 0.717) is 6.04 Å². The molecule has 5 heteroatoms. The van der Waals surface area contributed by atoms with Gasteiger partial charge in [-0.25, -0.2) is 4.79 Å². The fraction of sp³-hybridized carbons (Fsp3) is 0.471. The smallest absolute Gasteiger partial charge is 0.330 e. The monoisotopic (exact) mass is 299 g/mol. The summed E-state index contributed by atoms with van der Waals surface area (Å²) in [5, 5.41) is 12.9. The van der Waals surface area contributed by atoms with Gasteiger partial charge in [-0.3, -0.25) is 0 Å². The van der Waals surface area contributed by atoms with E-state index in [4.69, 9.17) is 0 Å². The minimum absolute atomic E-state index is 0.378. The molecule has 22 heavy (non-hydrogen) atoms. The summed E-state index contributed by atoms with van der Waals surface area (Å²) in [5.41, 5.74) is 3.40. The van der Waals surface area contributed by atoms with Gasteiger partial charge in [-0.1, -0.05) is 18.2 Å². The van der Waals surface area contributed by atoms with Gasteiger partial charge < -0.3 is 20.2 Å². The van der Waals surface area contributed by atoms with Gasteiger partial charge in [0, 0.05) is 43.6 Å². The maximum absolute atomic E-state index is 11.6. The zero-order chi connectivity index (χ0) is 15.1. The van der Waals surface area contributed by atoms with Crippen LogP contribution in [0.1, 0.15) is 18.4 Å². The van der Waals surface area contributed by atoms with Gasteiger partial charge in [0.1, 0.15) is 6.04 Å². The SMILES string of the molecule is O=C(O)C1C=Cc2ccc(N3CCNCC3)cc2N1C1CC1. The number of nitrogens with zero attached hydrogens (tertiary/aromatic N) is 2. The molecule has 1 atom stereocenters. The third-order valence-electron chi connectivity index (χ3n) is 4.73. The summed E-state index contributed by atoms with van der Waals surface area (Å²) >= 11 is 0. The van der Waals surface area contributed by atoms with Crippen molar-refractivity contribution in [1.82, 2.24) is 5.32 Å². The summed E-state index contributed by atoms with van der Waals surface area (Å²) < 4.78 is 0. The maximum atomic E-state index is 11.6. The van der Waals surface area contributed by atoms with Gasteiger partial charge in [-0.2, -0.15) is 0 Å². The van der Waals surface area contributed by atoms with Gasteiger partial charge in [-0.05, 0) is 30.5 Å². The molecule has 2 N–H and O–H groups in total. The van der Waals surface area contributed by atoms with Crippen LogP contribution in [0.4, 0.5) is 11.4 Å². The number of aliphatic carboxylic acids is 1. The Kier molecular flexibility index (Phi) is 3.30. The third-order valence-corrected chi connectivity index (χ3v) is 4.73. The Balaban J connectivity index is 1.71. The quantitative estimate of drug-likeness (QED) is 0.887. The first kappa shape index (κ1) is 13.6. The second kappa shape index (κ2) is 5.32. The van der Waals surface area contributed by atoms with Crippen LogP contribution in [0, 0.1) is 0 Å². The van der Waals surface area contributed by atoms with Crippen molar-refractivity contribution in [3.8, 4) is 0 Å². The second-order valence-corrected chi connectivity index (χ2v) is 6.26. The van der Waals surface area contributed by atoms with E-state index in [2.05, 4.69) is 33.3 Å².